The van der Waals surface area contributed by atoms with E-state index in [0.717, 1.165) is 31.3 Å². The molecular formula is C17H32N2. The van der Waals surface area contributed by atoms with Gasteiger partial charge in [-0.3, -0.25) is 0 Å². The van der Waals surface area contributed by atoms with Crippen molar-refractivity contribution in [3.63, 3.8) is 0 Å². The number of unbranched alkanes of at least 4 members (excludes halogenated alkanes) is 1. The van der Waals surface area contributed by atoms with Gasteiger partial charge < -0.3 is 10.6 Å². The maximum Gasteiger partial charge on any atom is 0.0101 e. The van der Waals surface area contributed by atoms with Gasteiger partial charge >= 0.3 is 0 Å². The Balaban J connectivity index is 1.97. The molecule has 1 aliphatic rings. The number of rotatable bonds is 7. The van der Waals surface area contributed by atoms with E-state index in [1.807, 2.05) is 0 Å². The summed E-state index contributed by atoms with van der Waals surface area (Å²) in [6.45, 7) is 8.93. The van der Waals surface area contributed by atoms with Crippen molar-refractivity contribution in [2.75, 3.05) is 13.1 Å². The lowest BCUT2D eigenvalue weighted by atomic mass is 9.85. The molecule has 2 N–H and O–H groups in total. The molecule has 0 aromatic carbocycles. The van der Waals surface area contributed by atoms with Gasteiger partial charge in [-0.2, -0.15) is 0 Å². The quantitative estimate of drug-likeness (QED) is 0.544. The molecule has 0 aromatic heterocycles. The van der Waals surface area contributed by atoms with Crippen LogP contribution >= 0.6 is 0 Å². The van der Waals surface area contributed by atoms with Crippen molar-refractivity contribution in [1.82, 2.24) is 10.6 Å². The van der Waals surface area contributed by atoms with Crippen LogP contribution in [0.3, 0.4) is 0 Å². The highest BCUT2D eigenvalue weighted by atomic mass is 14.9. The Morgan fingerprint density at radius 2 is 1.84 bits per heavy atom. The zero-order valence-electron chi connectivity index (χ0n) is 13.1. The van der Waals surface area contributed by atoms with E-state index in [2.05, 4.69) is 43.2 Å². The molecule has 1 saturated carbocycles. The van der Waals surface area contributed by atoms with Gasteiger partial charge in [-0.25, -0.2) is 0 Å². The lowest BCUT2D eigenvalue weighted by Crippen LogP contribution is -2.39. The third kappa shape index (κ3) is 8.29. The summed E-state index contributed by atoms with van der Waals surface area (Å²) in [7, 11) is 0. The summed E-state index contributed by atoms with van der Waals surface area (Å²) in [6, 6.07) is 1.39. The topological polar surface area (TPSA) is 24.1 Å². The summed E-state index contributed by atoms with van der Waals surface area (Å²) in [4.78, 5) is 0. The molecule has 0 heterocycles. The molecule has 0 spiro atoms. The van der Waals surface area contributed by atoms with Gasteiger partial charge in [-0.1, -0.05) is 20.8 Å². The minimum absolute atomic E-state index is 0.629. The third-order valence-corrected chi connectivity index (χ3v) is 3.81. The van der Waals surface area contributed by atoms with Crippen LogP contribution in [0.1, 0.15) is 65.7 Å². The van der Waals surface area contributed by atoms with E-state index >= 15 is 0 Å². The highest BCUT2D eigenvalue weighted by Crippen LogP contribution is 2.23. The lowest BCUT2D eigenvalue weighted by molar-refractivity contribution is 0.274. The first-order valence-electron chi connectivity index (χ1n) is 8.14. The van der Waals surface area contributed by atoms with Gasteiger partial charge in [0.05, 0.1) is 0 Å². The van der Waals surface area contributed by atoms with Gasteiger partial charge in [-0.05, 0) is 51.1 Å². The average molecular weight is 264 g/mol. The summed E-state index contributed by atoms with van der Waals surface area (Å²) in [6.07, 6.45) is 8.70. The van der Waals surface area contributed by atoms with Gasteiger partial charge in [0, 0.05) is 24.9 Å². The maximum absolute atomic E-state index is 3.66. The van der Waals surface area contributed by atoms with E-state index in [1.54, 1.807) is 0 Å². The van der Waals surface area contributed by atoms with Crippen LogP contribution in [0.4, 0.5) is 0 Å². The molecule has 0 aliphatic heterocycles. The summed E-state index contributed by atoms with van der Waals surface area (Å²) in [5, 5.41) is 7.26. The fourth-order valence-electron chi connectivity index (χ4n) is 2.83. The Hall–Kier alpha value is -0.520. The first kappa shape index (κ1) is 16.5. The molecule has 1 rings (SSSR count). The van der Waals surface area contributed by atoms with Crippen LogP contribution < -0.4 is 10.6 Å². The maximum atomic E-state index is 3.66. The molecule has 1 aliphatic carbocycles. The molecule has 0 atom stereocenters. The van der Waals surface area contributed by atoms with E-state index in [0.29, 0.717) is 6.04 Å². The van der Waals surface area contributed by atoms with Gasteiger partial charge in [0.25, 0.3) is 0 Å². The second-order valence-corrected chi connectivity index (χ2v) is 6.05. The van der Waals surface area contributed by atoms with Gasteiger partial charge in [0.2, 0.25) is 0 Å². The first-order valence-corrected chi connectivity index (χ1v) is 8.14. The molecule has 2 heteroatoms. The van der Waals surface area contributed by atoms with Crippen LogP contribution in [0, 0.1) is 17.8 Å². The van der Waals surface area contributed by atoms with Gasteiger partial charge in [-0.15, -0.1) is 11.8 Å². The summed E-state index contributed by atoms with van der Waals surface area (Å²) < 4.78 is 0. The Bertz CT molecular complexity index is 267. The van der Waals surface area contributed by atoms with Crippen molar-refractivity contribution in [3.05, 3.63) is 0 Å². The van der Waals surface area contributed by atoms with Crippen molar-refractivity contribution < 1.29 is 0 Å². The zero-order chi connectivity index (χ0) is 13.9. The Kier molecular flexibility index (Phi) is 8.95. The van der Waals surface area contributed by atoms with E-state index in [4.69, 9.17) is 0 Å². The van der Waals surface area contributed by atoms with Crippen molar-refractivity contribution in [2.24, 2.45) is 5.92 Å². The second-order valence-electron chi connectivity index (χ2n) is 6.05. The molecular weight excluding hydrogens is 232 g/mol. The fourth-order valence-corrected chi connectivity index (χ4v) is 2.83. The van der Waals surface area contributed by atoms with Crippen LogP contribution in [0.15, 0.2) is 0 Å². The second kappa shape index (κ2) is 10.3. The highest BCUT2D eigenvalue weighted by molar-refractivity contribution is 4.97. The van der Waals surface area contributed by atoms with Crippen LogP contribution in [-0.4, -0.2) is 25.2 Å². The molecule has 19 heavy (non-hydrogen) atoms. The monoisotopic (exact) mass is 264 g/mol. The van der Waals surface area contributed by atoms with Crippen molar-refractivity contribution in [3.8, 4) is 11.8 Å². The van der Waals surface area contributed by atoms with E-state index in [-0.39, 0.29) is 0 Å². The number of hydrogen-bond donors (Lipinski definition) is 2. The number of nitrogens with one attached hydrogen (secondary N) is 2. The van der Waals surface area contributed by atoms with Crippen LogP contribution in [0.2, 0.25) is 0 Å². The highest BCUT2D eigenvalue weighted by Gasteiger charge is 2.20. The molecule has 0 unspecified atom stereocenters. The molecule has 2 nitrogen and oxygen atoms in total. The van der Waals surface area contributed by atoms with Crippen molar-refractivity contribution in [1.29, 1.82) is 0 Å². The first-order chi connectivity index (χ1) is 9.22. The van der Waals surface area contributed by atoms with Gasteiger partial charge in [0.1, 0.15) is 0 Å². The van der Waals surface area contributed by atoms with E-state index in [9.17, 15) is 0 Å². The smallest absolute Gasteiger partial charge is 0.0101 e. The van der Waals surface area contributed by atoms with E-state index in [1.165, 1.54) is 38.6 Å². The molecule has 0 bridgehead atoms. The molecule has 0 saturated heterocycles. The predicted molar refractivity (Wildman–Crippen MR) is 84.2 cm³/mol. The SMILES string of the molecule is CCC#CCCCNCC1CCC(NC(C)C)CC1. The summed E-state index contributed by atoms with van der Waals surface area (Å²) in [5.41, 5.74) is 0. The molecule has 0 amide bonds. The zero-order valence-corrected chi connectivity index (χ0v) is 13.1. The Morgan fingerprint density at radius 3 is 2.47 bits per heavy atom. The summed E-state index contributed by atoms with van der Waals surface area (Å²) in [5.74, 6) is 7.22. The van der Waals surface area contributed by atoms with Gasteiger partial charge in [0.15, 0.2) is 0 Å². The molecule has 0 radical (unpaired) electrons. The fraction of sp³-hybridized carbons (Fsp3) is 0.882. The standard InChI is InChI=1S/C17H32N2/c1-4-5-6-7-8-13-18-14-16-9-11-17(12-10-16)19-15(2)3/h15-19H,4,7-14H2,1-3H3. The molecule has 110 valence electrons. The Labute approximate surface area is 120 Å². The summed E-state index contributed by atoms with van der Waals surface area (Å²) >= 11 is 0. The van der Waals surface area contributed by atoms with E-state index < -0.39 is 0 Å². The number of hydrogen-bond acceptors (Lipinski definition) is 2. The van der Waals surface area contributed by atoms with Crippen LogP contribution in [-0.2, 0) is 0 Å². The van der Waals surface area contributed by atoms with Crippen molar-refractivity contribution in [2.45, 2.75) is 77.8 Å². The average Bonchev–Trinajstić information content (AvgIpc) is 2.39. The van der Waals surface area contributed by atoms with Crippen LogP contribution in [0.25, 0.3) is 0 Å². The van der Waals surface area contributed by atoms with Crippen LogP contribution in [0.5, 0.6) is 0 Å². The normalized spacial score (nSPS) is 23.2. The largest absolute Gasteiger partial charge is 0.316 e. The minimum atomic E-state index is 0.629. The van der Waals surface area contributed by atoms with Crippen molar-refractivity contribution >= 4 is 0 Å². The molecule has 1 fully saturated rings. The molecule has 0 aromatic rings. The predicted octanol–water partition coefficient (Wildman–Crippen LogP) is 3.33. The Morgan fingerprint density at radius 1 is 1.11 bits per heavy atom. The minimum Gasteiger partial charge on any atom is -0.316 e. The third-order valence-electron chi connectivity index (χ3n) is 3.81. The lowest BCUT2D eigenvalue weighted by Gasteiger charge is -2.30.